The molecule has 0 spiro atoms. The Kier molecular flexibility index (Phi) is 5.78. The molecule has 1 fully saturated rings. The molecule has 26 heavy (non-hydrogen) atoms. The molecule has 138 valence electrons. The molecular weight excluding hydrogens is 324 g/mol. The van der Waals surface area contributed by atoms with E-state index in [1.807, 2.05) is 49.3 Å². The van der Waals surface area contributed by atoms with Crippen LogP contribution in [-0.2, 0) is 0 Å². The third-order valence-corrected chi connectivity index (χ3v) is 5.02. The Labute approximate surface area is 156 Å². The quantitative estimate of drug-likeness (QED) is 0.862. The summed E-state index contributed by atoms with van der Waals surface area (Å²) in [5.74, 6) is 0. The van der Waals surface area contributed by atoms with Gasteiger partial charge in [0.05, 0.1) is 11.4 Å². The van der Waals surface area contributed by atoms with E-state index in [1.54, 1.807) is 0 Å². The molecule has 2 aromatic rings. The first-order valence-corrected chi connectivity index (χ1v) is 9.17. The van der Waals surface area contributed by atoms with Crippen molar-refractivity contribution in [1.29, 1.82) is 0 Å². The second kappa shape index (κ2) is 8.23. The monoisotopic (exact) mass is 352 g/mol. The van der Waals surface area contributed by atoms with Crippen molar-refractivity contribution < 1.29 is 4.79 Å². The van der Waals surface area contributed by atoms with Crippen LogP contribution in [0.2, 0.25) is 0 Å². The van der Waals surface area contributed by atoms with E-state index in [-0.39, 0.29) is 12.1 Å². The van der Waals surface area contributed by atoms with Gasteiger partial charge < -0.3 is 15.5 Å². The Morgan fingerprint density at radius 1 is 1.12 bits per heavy atom. The average Bonchev–Trinajstić information content (AvgIpc) is 3.10. The number of para-hydroxylation sites is 2. The molecule has 0 aliphatic carbocycles. The minimum Gasteiger partial charge on any atom is -0.376 e. The lowest BCUT2D eigenvalue weighted by atomic mass is 10.1. The van der Waals surface area contributed by atoms with Gasteiger partial charge in [0.1, 0.15) is 0 Å². The standard InChI is InChI=1S/C21H28N4O/c1-16(17-9-5-4-6-10-17)25-14-13-18(15-25)22-21(26)23-19-11-7-8-12-20(19)24(2)3/h4-12,16,18H,13-15H2,1-3H3,(H2,22,23,26). The van der Waals surface area contributed by atoms with Crippen LogP contribution in [0, 0.1) is 0 Å². The van der Waals surface area contributed by atoms with Crippen molar-refractivity contribution in [3.05, 3.63) is 60.2 Å². The van der Waals surface area contributed by atoms with E-state index in [9.17, 15) is 4.79 Å². The second-order valence-electron chi connectivity index (χ2n) is 7.08. The summed E-state index contributed by atoms with van der Waals surface area (Å²) in [5.41, 5.74) is 3.13. The number of nitrogens with one attached hydrogen (secondary N) is 2. The minimum absolute atomic E-state index is 0.140. The van der Waals surface area contributed by atoms with E-state index in [0.717, 1.165) is 30.9 Å². The Morgan fingerprint density at radius 2 is 1.81 bits per heavy atom. The Morgan fingerprint density at radius 3 is 2.54 bits per heavy atom. The van der Waals surface area contributed by atoms with Crippen molar-refractivity contribution in [3.8, 4) is 0 Å². The largest absolute Gasteiger partial charge is 0.376 e. The third kappa shape index (κ3) is 4.35. The van der Waals surface area contributed by atoms with Gasteiger partial charge in [-0.25, -0.2) is 4.79 Å². The van der Waals surface area contributed by atoms with Crippen LogP contribution in [0.4, 0.5) is 16.2 Å². The fourth-order valence-electron chi connectivity index (χ4n) is 3.51. The molecule has 0 bridgehead atoms. The highest BCUT2D eigenvalue weighted by molar-refractivity contribution is 5.93. The molecule has 5 heteroatoms. The molecule has 0 radical (unpaired) electrons. The smallest absolute Gasteiger partial charge is 0.319 e. The van der Waals surface area contributed by atoms with Crippen LogP contribution >= 0.6 is 0 Å². The molecule has 2 unspecified atom stereocenters. The number of hydrogen-bond acceptors (Lipinski definition) is 3. The van der Waals surface area contributed by atoms with Crippen LogP contribution in [0.3, 0.4) is 0 Å². The van der Waals surface area contributed by atoms with Gasteiger partial charge in [0, 0.05) is 39.3 Å². The first-order chi connectivity index (χ1) is 12.5. The van der Waals surface area contributed by atoms with Gasteiger partial charge in [0.15, 0.2) is 0 Å². The topological polar surface area (TPSA) is 47.6 Å². The van der Waals surface area contributed by atoms with Crippen LogP contribution in [0.5, 0.6) is 0 Å². The fraction of sp³-hybridized carbons (Fsp3) is 0.381. The van der Waals surface area contributed by atoms with E-state index in [0.29, 0.717) is 6.04 Å². The van der Waals surface area contributed by atoms with Crippen molar-refractivity contribution in [2.24, 2.45) is 0 Å². The lowest BCUT2D eigenvalue weighted by Crippen LogP contribution is -2.40. The number of likely N-dealkylation sites (tertiary alicyclic amines) is 1. The zero-order valence-electron chi connectivity index (χ0n) is 15.8. The molecule has 1 heterocycles. The van der Waals surface area contributed by atoms with Crippen LogP contribution in [0.1, 0.15) is 24.9 Å². The number of carbonyl (C=O) groups excluding carboxylic acids is 1. The summed E-state index contributed by atoms with van der Waals surface area (Å²) < 4.78 is 0. The molecule has 1 aliphatic rings. The number of carbonyl (C=O) groups is 1. The number of amides is 2. The molecule has 2 N–H and O–H groups in total. The molecule has 2 atom stereocenters. The highest BCUT2D eigenvalue weighted by Crippen LogP contribution is 2.25. The fourth-order valence-corrected chi connectivity index (χ4v) is 3.51. The van der Waals surface area contributed by atoms with Gasteiger partial charge in [-0.2, -0.15) is 0 Å². The molecule has 2 amide bonds. The summed E-state index contributed by atoms with van der Waals surface area (Å²) in [7, 11) is 3.94. The first kappa shape index (κ1) is 18.3. The van der Waals surface area contributed by atoms with Crippen LogP contribution in [0.25, 0.3) is 0 Å². The van der Waals surface area contributed by atoms with Crippen molar-refractivity contribution in [2.75, 3.05) is 37.4 Å². The lowest BCUT2D eigenvalue weighted by Gasteiger charge is -2.25. The van der Waals surface area contributed by atoms with Gasteiger partial charge in [-0.3, -0.25) is 4.90 Å². The molecule has 1 aliphatic heterocycles. The normalized spacial score (nSPS) is 18.3. The number of anilines is 2. The van der Waals surface area contributed by atoms with E-state index >= 15 is 0 Å². The van der Waals surface area contributed by atoms with E-state index in [2.05, 4.69) is 46.7 Å². The van der Waals surface area contributed by atoms with Crippen LogP contribution in [0.15, 0.2) is 54.6 Å². The number of hydrogen-bond donors (Lipinski definition) is 2. The summed E-state index contributed by atoms with van der Waals surface area (Å²) >= 11 is 0. The summed E-state index contributed by atoms with van der Waals surface area (Å²) in [6.45, 7) is 4.10. The third-order valence-electron chi connectivity index (χ3n) is 5.02. The summed E-state index contributed by atoms with van der Waals surface area (Å²) in [6, 6.07) is 18.7. The SMILES string of the molecule is CC(c1ccccc1)N1CCC(NC(=O)Nc2ccccc2N(C)C)C1. The predicted octanol–water partition coefficient (Wildman–Crippen LogP) is 3.71. The zero-order chi connectivity index (χ0) is 18.5. The maximum absolute atomic E-state index is 12.4. The maximum Gasteiger partial charge on any atom is 0.319 e. The Bertz CT molecular complexity index is 732. The van der Waals surface area contributed by atoms with Crippen molar-refractivity contribution in [3.63, 3.8) is 0 Å². The summed E-state index contributed by atoms with van der Waals surface area (Å²) in [4.78, 5) is 16.8. The van der Waals surface area contributed by atoms with Crippen molar-refractivity contribution >= 4 is 17.4 Å². The number of nitrogens with zero attached hydrogens (tertiary/aromatic N) is 2. The van der Waals surface area contributed by atoms with Gasteiger partial charge >= 0.3 is 6.03 Å². The van der Waals surface area contributed by atoms with Gasteiger partial charge in [0.25, 0.3) is 0 Å². The number of benzene rings is 2. The lowest BCUT2D eigenvalue weighted by molar-refractivity contribution is 0.241. The first-order valence-electron chi connectivity index (χ1n) is 9.17. The van der Waals surface area contributed by atoms with Gasteiger partial charge in [-0.15, -0.1) is 0 Å². The van der Waals surface area contributed by atoms with E-state index < -0.39 is 0 Å². The van der Waals surface area contributed by atoms with Crippen LogP contribution in [-0.4, -0.2) is 44.2 Å². The van der Waals surface area contributed by atoms with Gasteiger partial charge in [-0.05, 0) is 31.0 Å². The zero-order valence-corrected chi connectivity index (χ0v) is 15.8. The minimum atomic E-state index is -0.140. The highest BCUT2D eigenvalue weighted by Gasteiger charge is 2.27. The maximum atomic E-state index is 12.4. The van der Waals surface area contributed by atoms with Crippen LogP contribution < -0.4 is 15.5 Å². The summed E-state index contributed by atoms with van der Waals surface area (Å²) in [6.07, 6.45) is 0.972. The summed E-state index contributed by atoms with van der Waals surface area (Å²) in [5, 5.41) is 6.10. The predicted molar refractivity (Wildman–Crippen MR) is 108 cm³/mol. The van der Waals surface area contributed by atoms with Crippen molar-refractivity contribution in [1.82, 2.24) is 10.2 Å². The number of rotatable bonds is 5. The molecule has 5 nitrogen and oxygen atoms in total. The van der Waals surface area contributed by atoms with Gasteiger partial charge in [-0.1, -0.05) is 42.5 Å². The van der Waals surface area contributed by atoms with E-state index in [1.165, 1.54) is 5.56 Å². The Hall–Kier alpha value is -2.53. The molecule has 0 aromatic heterocycles. The molecule has 2 aromatic carbocycles. The Balaban J connectivity index is 1.55. The highest BCUT2D eigenvalue weighted by atomic mass is 16.2. The van der Waals surface area contributed by atoms with E-state index in [4.69, 9.17) is 0 Å². The molecule has 1 saturated heterocycles. The molecular formula is C21H28N4O. The van der Waals surface area contributed by atoms with Crippen molar-refractivity contribution in [2.45, 2.75) is 25.4 Å². The molecule has 0 saturated carbocycles. The average molecular weight is 352 g/mol. The second-order valence-corrected chi connectivity index (χ2v) is 7.08. The number of urea groups is 1. The molecule has 3 rings (SSSR count). The van der Waals surface area contributed by atoms with Gasteiger partial charge in [0.2, 0.25) is 0 Å².